The molecule has 2 aromatic rings. The minimum atomic E-state index is -0.235. The first kappa shape index (κ1) is 13.4. The van der Waals surface area contributed by atoms with Crippen molar-refractivity contribution in [3.63, 3.8) is 0 Å². The lowest BCUT2D eigenvalue weighted by molar-refractivity contribution is -0.919. The molecule has 1 fully saturated rings. The summed E-state index contributed by atoms with van der Waals surface area (Å²) >= 11 is 0. The first-order valence-corrected chi connectivity index (χ1v) is 7.49. The van der Waals surface area contributed by atoms with Crippen LogP contribution in [0.3, 0.4) is 0 Å². The molecule has 0 amide bonds. The van der Waals surface area contributed by atoms with Crippen molar-refractivity contribution in [3.05, 3.63) is 45.8 Å². The molecule has 0 atom stereocenters. The van der Waals surface area contributed by atoms with E-state index in [9.17, 15) is 4.79 Å². The van der Waals surface area contributed by atoms with E-state index in [-0.39, 0.29) is 5.63 Å². The zero-order valence-corrected chi connectivity index (χ0v) is 12.2. The summed E-state index contributed by atoms with van der Waals surface area (Å²) in [5.41, 5.74) is 2.81. The summed E-state index contributed by atoms with van der Waals surface area (Å²) in [6.45, 7) is 7.73. The highest BCUT2D eigenvalue weighted by Crippen LogP contribution is 2.18. The van der Waals surface area contributed by atoms with Crippen LogP contribution in [0.25, 0.3) is 11.0 Å². The number of fused-ring (bicyclic) bond motifs is 1. The summed E-state index contributed by atoms with van der Waals surface area (Å²) in [4.78, 5) is 13.3. The van der Waals surface area contributed by atoms with Crippen LogP contribution >= 0.6 is 0 Å². The van der Waals surface area contributed by atoms with E-state index < -0.39 is 0 Å². The molecule has 2 heterocycles. The van der Waals surface area contributed by atoms with Crippen molar-refractivity contribution >= 4 is 11.0 Å². The van der Waals surface area contributed by atoms with Gasteiger partial charge in [-0.15, -0.1) is 0 Å². The van der Waals surface area contributed by atoms with Crippen molar-refractivity contribution in [1.29, 1.82) is 0 Å². The normalized spacial score (nSPS) is 23.1. The van der Waals surface area contributed by atoms with E-state index in [1.165, 1.54) is 31.5 Å². The molecule has 0 spiro atoms. The van der Waals surface area contributed by atoms with Gasteiger partial charge in [-0.3, -0.25) is 0 Å². The molecule has 0 radical (unpaired) electrons. The lowest BCUT2D eigenvalue weighted by Crippen LogP contribution is -3.11. The van der Waals surface area contributed by atoms with Crippen LogP contribution in [0.2, 0.25) is 0 Å². The molecule has 0 saturated carbocycles. The van der Waals surface area contributed by atoms with E-state index in [1.807, 2.05) is 12.1 Å². The highest BCUT2D eigenvalue weighted by atomic mass is 16.4. The molecule has 3 rings (SSSR count). The summed E-state index contributed by atoms with van der Waals surface area (Å²) < 4.78 is 5.30. The van der Waals surface area contributed by atoms with Gasteiger partial charge in [0.15, 0.2) is 0 Å². The summed E-state index contributed by atoms with van der Waals surface area (Å²) in [7, 11) is 0. The van der Waals surface area contributed by atoms with E-state index in [0.29, 0.717) is 5.58 Å². The summed E-state index contributed by atoms with van der Waals surface area (Å²) in [5, 5.41) is 1.09. The van der Waals surface area contributed by atoms with E-state index >= 15 is 0 Å². The Labute approximate surface area is 119 Å². The minimum Gasteiger partial charge on any atom is -0.423 e. The molecule has 1 N–H and O–H groups in total. The van der Waals surface area contributed by atoms with Gasteiger partial charge < -0.3 is 9.32 Å². The smallest absolute Gasteiger partial charge is 0.336 e. The fourth-order valence-corrected chi connectivity index (χ4v) is 3.10. The second kappa shape index (κ2) is 5.41. The summed E-state index contributed by atoms with van der Waals surface area (Å²) in [6, 6.07) is 7.69. The van der Waals surface area contributed by atoms with Gasteiger partial charge in [-0.1, -0.05) is 18.6 Å². The van der Waals surface area contributed by atoms with Gasteiger partial charge in [-0.2, -0.15) is 0 Å². The standard InChI is InChI=1S/C17H21NO2/c1-12-5-7-18(8-6-12)11-14-10-17(19)20-16-4-3-13(2)9-15(14)16/h3-4,9-10,12H,5-8,11H2,1-2H3/p+1. The van der Waals surface area contributed by atoms with Crippen LogP contribution in [0.4, 0.5) is 0 Å². The number of piperidine rings is 1. The minimum absolute atomic E-state index is 0.235. The van der Waals surface area contributed by atoms with Gasteiger partial charge in [0.2, 0.25) is 0 Å². The molecule has 1 aliphatic rings. The number of quaternary nitrogens is 1. The molecule has 20 heavy (non-hydrogen) atoms. The first-order valence-electron chi connectivity index (χ1n) is 7.49. The summed E-state index contributed by atoms with van der Waals surface area (Å²) in [5.74, 6) is 0.846. The second-order valence-corrected chi connectivity index (χ2v) is 6.20. The quantitative estimate of drug-likeness (QED) is 0.848. The Kier molecular flexibility index (Phi) is 3.62. The average Bonchev–Trinajstić information content (AvgIpc) is 2.42. The van der Waals surface area contributed by atoms with Gasteiger partial charge >= 0.3 is 5.63 Å². The van der Waals surface area contributed by atoms with Crippen molar-refractivity contribution in [2.45, 2.75) is 33.2 Å². The van der Waals surface area contributed by atoms with Crippen molar-refractivity contribution in [2.75, 3.05) is 13.1 Å². The van der Waals surface area contributed by atoms with Gasteiger partial charge in [-0.05, 0) is 37.8 Å². The van der Waals surface area contributed by atoms with Crippen LogP contribution in [0.15, 0.2) is 33.5 Å². The summed E-state index contributed by atoms with van der Waals surface area (Å²) in [6.07, 6.45) is 2.57. The Balaban J connectivity index is 1.94. The van der Waals surface area contributed by atoms with Crippen molar-refractivity contribution in [3.8, 4) is 0 Å². The zero-order valence-electron chi connectivity index (χ0n) is 12.2. The number of nitrogens with one attached hydrogen (secondary N) is 1. The predicted molar refractivity (Wildman–Crippen MR) is 80.0 cm³/mol. The first-order chi connectivity index (χ1) is 9.61. The number of hydrogen-bond donors (Lipinski definition) is 1. The van der Waals surface area contributed by atoms with Crippen molar-refractivity contribution in [1.82, 2.24) is 0 Å². The van der Waals surface area contributed by atoms with Crippen molar-refractivity contribution in [2.24, 2.45) is 5.92 Å². The molecule has 106 valence electrons. The van der Waals surface area contributed by atoms with Gasteiger partial charge in [0, 0.05) is 17.0 Å². The maximum atomic E-state index is 11.7. The molecule has 1 aromatic carbocycles. The number of hydrogen-bond acceptors (Lipinski definition) is 2. The zero-order chi connectivity index (χ0) is 14.1. The monoisotopic (exact) mass is 272 g/mol. The molecule has 1 saturated heterocycles. The van der Waals surface area contributed by atoms with E-state index in [1.54, 1.807) is 11.0 Å². The van der Waals surface area contributed by atoms with Crippen LogP contribution in [0, 0.1) is 12.8 Å². The van der Waals surface area contributed by atoms with Crippen molar-refractivity contribution < 1.29 is 9.32 Å². The average molecular weight is 272 g/mol. The maximum absolute atomic E-state index is 11.7. The molecule has 0 bridgehead atoms. The number of rotatable bonds is 2. The molecule has 3 heteroatoms. The Hall–Kier alpha value is -1.61. The van der Waals surface area contributed by atoms with Gasteiger partial charge in [0.1, 0.15) is 12.1 Å². The lowest BCUT2D eigenvalue weighted by Gasteiger charge is -2.27. The SMILES string of the molecule is Cc1ccc2oc(=O)cc(C[NH+]3CCC(C)CC3)c2c1. The van der Waals surface area contributed by atoms with Gasteiger partial charge in [0.25, 0.3) is 0 Å². The topological polar surface area (TPSA) is 34.6 Å². The Morgan fingerprint density at radius 1 is 1.25 bits per heavy atom. The van der Waals surface area contributed by atoms with Gasteiger partial charge in [0.05, 0.1) is 13.1 Å². The van der Waals surface area contributed by atoms with Crippen LogP contribution in [0.5, 0.6) is 0 Å². The largest absolute Gasteiger partial charge is 0.423 e. The Bertz CT molecular complexity index is 666. The Morgan fingerprint density at radius 2 is 2.00 bits per heavy atom. The lowest BCUT2D eigenvalue weighted by atomic mass is 9.98. The third-order valence-corrected chi connectivity index (χ3v) is 4.41. The molecule has 3 nitrogen and oxygen atoms in total. The molecule has 1 aromatic heterocycles. The third-order valence-electron chi connectivity index (χ3n) is 4.41. The van der Waals surface area contributed by atoms with Crippen LogP contribution < -0.4 is 10.5 Å². The molecule has 1 aliphatic heterocycles. The van der Waals surface area contributed by atoms with Crippen LogP contribution in [-0.2, 0) is 6.54 Å². The Morgan fingerprint density at radius 3 is 2.75 bits per heavy atom. The highest BCUT2D eigenvalue weighted by Gasteiger charge is 2.20. The third kappa shape index (κ3) is 2.78. The van der Waals surface area contributed by atoms with Crippen LogP contribution in [0.1, 0.15) is 30.9 Å². The van der Waals surface area contributed by atoms with E-state index in [2.05, 4.69) is 19.9 Å². The number of aryl methyl sites for hydroxylation is 1. The fraction of sp³-hybridized carbons (Fsp3) is 0.471. The number of benzene rings is 1. The molecular formula is C17H22NO2+. The molecule has 0 unspecified atom stereocenters. The second-order valence-electron chi connectivity index (χ2n) is 6.20. The van der Waals surface area contributed by atoms with E-state index in [0.717, 1.165) is 23.4 Å². The van der Waals surface area contributed by atoms with Crippen LogP contribution in [-0.4, -0.2) is 13.1 Å². The van der Waals surface area contributed by atoms with E-state index in [4.69, 9.17) is 4.42 Å². The number of likely N-dealkylation sites (tertiary alicyclic amines) is 1. The molecular weight excluding hydrogens is 250 g/mol. The predicted octanol–water partition coefficient (Wildman–Crippen LogP) is 1.92. The maximum Gasteiger partial charge on any atom is 0.336 e. The highest BCUT2D eigenvalue weighted by molar-refractivity contribution is 5.80. The fourth-order valence-electron chi connectivity index (χ4n) is 3.10. The molecule has 0 aliphatic carbocycles. The van der Waals surface area contributed by atoms with Gasteiger partial charge in [-0.25, -0.2) is 4.79 Å².